The molecule has 0 spiro atoms. The van der Waals surface area contributed by atoms with Crippen LogP contribution in [0.2, 0.25) is 0 Å². The van der Waals surface area contributed by atoms with Gasteiger partial charge in [0.25, 0.3) is 5.91 Å². The molecule has 1 heterocycles. The summed E-state index contributed by atoms with van der Waals surface area (Å²) in [6.07, 6.45) is 0.891. The van der Waals surface area contributed by atoms with Crippen molar-refractivity contribution in [1.29, 1.82) is 0 Å². The molecule has 3 N–H and O–H groups in total. The first-order valence-electron chi connectivity index (χ1n) is 5.73. The van der Waals surface area contributed by atoms with Gasteiger partial charge in [-0.25, -0.2) is 4.39 Å². The minimum absolute atomic E-state index is 0.0982. The van der Waals surface area contributed by atoms with Crippen LogP contribution in [-0.4, -0.2) is 37.0 Å². The van der Waals surface area contributed by atoms with Gasteiger partial charge in [-0.3, -0.25) is 4.79 Å². The molecule has 1 saturated heterocycles. The van der Waals surface area contributed by atoms with Gasteiger partial charge < -0.3 is 16.0 Å². The van der Waals surface area contributed by atoms with Gasteiger partial charge in [-0.05, 0) is 31.2 Å². The minimum Gasteiger partial charge on any atom is -0.399 e. The molecule has 1 aromatic rings. The summed E-state index contributed by atoms with van der Waals surface area (Å²) in [5.74, 6) is -0.807. The van der Waals surface area contributed by atoms with Crippen molar-refractivity contribution < 1.29 is 9.18 Å². The smallest absolute Gasteiger partial charge is 0.256 e. The lowest BCUT2D eigenvalue weighted by Crippen LogP contribution is -2.34. The molecule has 92 valence electrons. The average Bonchev–Trinajstić information content (AvgIpc) is 2.56. The Bertz CT molecular complexity index is 414. The number of nitrogens with zero attached hydrogens (tertiary/aromatic N) is 1. The van der Waals surface area contributed by atoms with Crippen LogP contribution in [0.3, 0.4) is 0 Å². The number of carbonyl (C=O) groups is 1. The Hall–Kier alpha value is -1.62. The summed E-state index contributed by atoms with van der Waals surface area (Å²) in [6.45, 7) is 2.93. The molecule has 1 aliphatic rings. The van der Waals surface area contributed by atoms with Crippen molar-refractivity contribution in [3.63, 3.8) is 0 Å². The second-order valence-electron chi connectivity index (χ2n) is 4.14. The largest absolute Gasteiger partial charge is 0.399 e. The third-order valence-corrected chi connectivity index (χ3v) is 2.85. The lowest BCUT2D eigenvalue weighted by Gasteiger charge is -2.20. The van der Waals surface area contributed by atoms with Crippen LogP contribution in [-0.2, 0) is 0 Å². The number of nitrogens with two attached hydrogens (primary N) is 1. The summed E-state index contributed by atoms with van der Waals surface area (Å²) in [7, 11) is 0. The van der Waals surface area contributed by atoms with Crippen molar-refractivity contribution in [2.24, 2.45) is 0 Å². The third kappa shape index (κ3) is 2.74. The normalized spacial score (nSPS) is 16.6. The van der Waals surface area contributed by atoms with Crippen LogP contribution < -0.4 is 11.1 Å². The van der Waals surface area contributed by atoms with Gasteiger partial charge >= 0.3 is 0 Å². The van der Waals surface area contributed by atoms with E-state index in [1.165, 1.54) is 12.1 Å². The molecule has 0 saturated carbocycles. The van der Waals surface area contributed by atoms with E-state index in [1.807, 2.05) is 0 Å². The molecule has 0 aliphatic carbocycles. The summed E-state index contributed by atoms with van der Waals surface area (Å²) in [4.78, 5) is 13.8. The first-order valence-corrected chi connectivity index (χ1v) is 5.73. The maximum absolute atomic E-state index is 13.6. The second kappa shape index (κ2) is 5.14. The first kappa shape index (κ1) is 11.9. The lowest BCUT2D eigenvalue weighted by molar-refractivity contribution is 0.0762. The zero-order valence-corrected chi connectivity index (χ0v) is 9.58. The quantitative estimate of drug-likeness (QED) is 0.712. The molecular weight excluding hydrogens is 221 g/mol. The van der Waals surface area contributed by atoms with Crippen molar-refractivity contribution in [3.8, 4) is 0 Å². The van der Waals surface area contributed by atoms with Gasteiger partial charge in [0.2, 0.25) is 0 Å². The maximum Gasteiger partial charge on any atom is 0.256 e. The topological polar surface area (TPSA) is 58.4 Å². The van der Waals surface area contributed by atoms with Gasteiger partial charge in [0, 0.05) is 25.3 Å². The standard InChI is InChI=1S/C12H16FN3O/c13-11-8-9(14)2-3-10(11)12(17)16-6-1-4-15-5-7-16/h2-3,8,15H,1,4-7,14H2. The molecule has 17 heavy (non-hydrogen) atoms. The molecular formula is C12H16FN3O. The Kier molecular flexibility index (Phi) is 3.58. The number of nitrogen functional groups attached to an aromatic ring is 1. The number of amides is 1. The monoisotopic (exact) mass is 237 g/mol. The summed E-state index contributed by atoms with van der Waals surface area (Å²) >= 11 is 0. The van der Waals surface area contributed by atoms with E-state index in [-0.39, 0.29) is 11.5 Å². The number of nitrogens with one attached hydrogen (secondary N) is 1. The highest BCUT2D eigenvalue weighted by Gasteiger charge is 2.19. The van der Waals surface area contributed by atoms with E-state index in [0.29, 0.717) is 18.8 Å². The van der Waals surface area contributed by atoms with Gasteiger partial charge in [-0.1, -0.05) is 0 Å². The van der Waals surface area contributed by atoms with Gasteiger partial charge in [0.15, 0.2) is 0 Å². The molecule has 0 unspecified atom stereocenters. The van der Waals surface area contributed by atoms with Gasteiger partial charge in [-0.2, -0.15) is 0 Å². The summed E-state index contributed by atoms with van der Waals surface area (Å²) in [5.41, 5.74) is 5.88. The average molecular weight is 237 g/mol. The highest BCUT2D eigenvalue weighted by Crippen LogP contribution is 2.14. The lowest BCUT2D eigenvalue weighted by atomic mass is 10.1. The summed E-state index contributed by atoms with van der Waals surface area (Å²) in [5, 5.41) is 3.20. The summed E-state index contributed by atoms with van der Waals surface area (Å²) < 4.78 is 13.6. The molecule has 4 nitrogen and oxygen atoms in total. The van der Waals surface area contributed by atoms with Crippen LogP contribution in [0.4, 0.5) is 10.1 Å². The van der Waals surface area contributed by atoms with E-state index in [2.05, 4.69) is 5.32 Å². The molecule has 2 rings (SSSR count). The fourth-order valence-electron chi connectivity index (χ4n) is 1.92. The van der Waals surface area contributed by atoms with E-state index < -0.39 is 5.82 Å². The van der Waals surface area contributed by atoms with Crippen molar-refractivity contribution in [1.82, 2.24) is 10.2 Å². The maximum atomic E-state index is 13.6. The molecule has 1 fully saturated rings. The van der Waals surface area contributed by atoms with E-state index >= 15 is 0 Å². The third-order valence-electron chi connectivity index (χ3n) is 2.85. The predicted molar refractivity (Wildman–Crippen MR) is 64.2 cm³/mol. The second-order valence-corrected chi connectivity index (χ2v) is 4.14. The van der Waals surface area contributed by atoms with Gasteiger partial charge in [0.05, 0.1) is 5.56 Å². The van der Waals surface area contributed by atoms with E-state index in [0.717, 1.165) is 19.5 Å². The van der Waals surface area contributed by atoms with E-state index in [9.17, 15) is 9.18 Å². The highest BCUT2D eigenvalue weighted by atomic mass is 19.1. The molecule has 1 aromatic carbocycles. The number of benzene rings is 1. The number of hydrogen-bond donors (Lipinski definition) is 2. The Labute approximate surface area is 99.6 Å². The molecule has 0 bridgehead atoms. The molecule has 0 radical (unpaired) electrons. The number of carbonyl (C=O) groups excluding carboxylic acids is 1. The van der Waals surface area contributed by atoms with Crippen molar-refractivity contribution >= 4 is 11.6 Å². The zero-order chi connectivity index (χ0) is 12.3. The van der Waals surface area contributed by atoms with Crippen LogP contribution >= 0.6 is 0 Å². The predicted octanol–water partition coefficient (Wildman–Crippen LogP) is 0.843. The van der Waals surface area contributed by atoms with Crippen LogP contribution in [0.15, 0.2) is 18.2 Å². The van der Waals surface area contributed by atoms with Crippen LogP contribution in [0.5, 0.6) is 0 Å². The van der Waals surface area contributed by atoms with Gasteiger partial charge in [0.1, 0.15) is 5.82 Å². The number of anilines is 1. The van der Waals surface area contributed by atoms with Crippen LogP contribution in [0.1, 0.15) is 16.8 Å². The number of halogens is 1. The summed E-state index contributed by atoms with van der Waals surface area (Å²) in [6, 6.07) is 4.18. The molecule has 0 aromatic heterocycles. The minimum atomic E-state index is -0.549. The number of hydrogen-bond acceptors (Lipinski definition) is 3. The fraction of sp³-hybridized carbons (Fsp3) is 0.417. The fourth-order valence-corrected chi connectivity index (χ4v) is 1.92. The number of rotatable bonds is 1. The SMILES string of the molecule is Nc1ccc(C(=O)N2CCCNCC2)c(F)c1. The molecule has 5 heteroatoms. The highest BCUT2D eigenvalue weighted by molar-refractivity contribution is 5.94. The van der Waals surface area contributed by atoms with Crippen LogP contribution in [0, 0.1) is 5.82 Å². The van der Waals surface area contributed by atoms with Gasteiger partial charge in [-0.15, -0.1) is 0 Å². The van der Waals surface area contributed by atoms with E-state index in [1.54, 1.807) is 11.0 Å². The Morgan fingerprint density at radius 3 is 2.94 bits per heavy atom. The Morgan fingerprint density at radius 1 is 1.35 bits per heavy atom. The Morgan fingerprint density at radius 2 is 2.18 bits per heavy atom. The van der Waals surface area contributed by atoms with Crippen LogP contribution in [0.25, 0.3) is 0 Å². The molecule has 1 amide bonds. The van der Waals surface area contributed by atoms with E-state index in [4.69, 9.17) is 5.73 Å². The molecule has 1 aliphatic heterocycles. The van der Waals surface area contributed by atoms with Crippen molar-refractivity contribution in [3.05, 3.63) is 29.6 Å². The van der Waals surface area contributed by atoms with Crippen molar-refractivity contribution in [2.45, 2.75) is 6.42 Å². The van der Waals surface area contributed by atoms with Crippen molar-refractivity contribution in [2.75, 3.05) is 31.9 Å². The zero-order valence-electron chi connectivity index (χ0n) is 9.58. The molecule has 0 atom stereocenters. The first-order chi connectivity index (χ1) is 8.18. The Balaban J connectivity index is 2.17.